The van der Waals surface area contributed by atoms with Crippen LogP contribution in [0.25, 0.3) is 27.9 Å². The highest BCUT2D eigenvalue weighted by Gasteiger charge is 2.31. The van der Waals surface area contributed by atoms with Crippen LogP contribution in [0.4, 0.5) is 0 Å². The maximum Gasteiger partial charge on any atom is 0.303 e. The van der Waals surface area contributed by atoms with E-state index in [2.05, 4.69) is 6.07 Å². The minimum atomic E-state index is -0.878. The predicted octanol–water partition coefficient (Wildman–Crippen LogP) is 4.45. The van der Waals surface area contributed by atoms with Crippen LogP contribution in [-0.2, 0) is 9.59 Å². The number of carboxylic acid groups (broad SMARTS) is 1. The molecular formula is C21H16N2O3S2. The van der Waals surface area contributed by atoms with E-state index < -0.39 is 5.97 Å². The van der Waals surface area contributed by atoms with Gasteiger partial charge in [0.1, 0.15) is 4.32 Å². The summed E-state index contributed by atoms with van der Waals surface area (Å²) in [6.07, 6.45) is 2.23. The van der Waals surface area contributed by atoms with Crippen LogP contribution in [0.5, 0.6) is 0 Å². The van der Waals surface area contributed by atoms with Crippen molar-refractivity contribution in [2.45, 2.75) is 12.8 Å². The average Bonchev–Trinajstić information content (AvgIpc) is 2.94. The Morgan fingerprint density at radius 1 is 1.18 bits per heavy atom. The number of hydrogen-bond acceptors (Lipinski definition) is 5. The van der Waals surface area contributed by atoms with Crippen molar-refractivity contribution in [1.82, 2.24) is 9.88 Å². The summed E-state index contributed by atoms with van der Waals surface area (Å²) in [5.41, 5.74) is 2.70. The van der Waals surface area contributed by atoms with E-state index >= 15 is 0 Å². The molecule has 0 aliphatic carbocycles. The van der Waals surface area contributed by atoms with Crippen molar-refractivity contribution in [2.24, 2.45) is 0 Å². The Kier molecular flexibility index (Phi) is 5.11. The van der Waals surface area contributed by atoms with Crippen LogP contribution in [-0.4, -0.2) is 37.7 Å². The fourth-order valence-corrected chi connectivity index (χ4v) is 4.47. The second kappa shape index (κ2) is 7.69. The number of rotatable bonds is 5. The van der Waals surface area contributed by atoms with E-state index in [1.54, 1.807) is 0 Å². The van der Waals surface area contributed by atoms with Gasteiger partial charge in [-0.1, -0.05) is 54.3 Å². The Morgan fingerprint density at radius 2 is 1.96 bits per heavy atom. The fourth-order valence-electron chi connectivity index (χ4n) is 3.17. The Hall–Kier alpha value is -2.77. The van der Waals surface area contributed by atoms with Gasteiger partial charge in [-0.25, -0.2) is 4.98 Å². The zero-order valence-corrected chi connectivity index (χ0v) is 16.4. The lowest BCUT2D eigenvalue weighted by Gasteiger charge is -2.13. The number of carbonyl (C=O) groups is 2. The molecule has 0 radical (unpaired) electrons. The van der Waals surface area contributed by atoms with Gasteiger partial charge in [-0.2, -0.15) is 0 Å². The van der Waals surface area contributed by atoms with Crippen molar-refractivity contribution >= 4 is 68.1 Å². The van der Waals surface area contributed by atoms with Crippen molar-refractivity contribution in [3.05, 3.63) is 59.0 Å². The molecule has 1 saturated heterocycles. The van der Waals surface area contributed by atoms with Crippen LogP contribution in [0, 0.1) is 0 Å². The van der Waals surface area contributed by atoms with Crippen molar-refractivity contribution in [3.63, 3.8) is 0 Å². The molecule has 7 heteroatoms. The number of benzene rings is 2. The van der Waals surface area contributed by atoms with Crippen LogP contribution in [0.2, 0.25) is 0 Å². The number of aliphatic carboxylic acids is 1. The molecule has 0 bridgehead atoms. The molecule has 1 N–H and O–H groups in total. The van der Waals surface area contributed by atoms with Crippen LogP contribution < -0.4 is 0 Å². The average molecular weight is 409 g/mol. The molecule has 5 nitrogen and oxygen atoms in total. The first kappa shape index (κ1) is 18.6. The van der Waals surface area contributed by atoms with Gasteiger partial charge < -0.3 is 5.11 Å². The van der Waals surface area contributed by atoms with Crippen molar-refractivity contribution in [3.8, 4) is 0 Å². The SMILES string of the molecule is O=C(O)CCCN1C(=O)/C(=C/c2cccc3nc4ccccc4cc23)SC1=S. The van der Waals surface area contributed by atoms with Gasteiger partial charge >= 0.3 is 5.97 Å². The third kappa shape index (κ3) is 3.63. The normalized spacial score (nSPS) is 15.9. The zero-order valence-electron chi connectivity index (χ0n) is 14.8. The summed E-state index contributed by atoms with van der Waals surface area (Å²) in [6, 6.07) is 15.8. The van der Waals surface area contributed by atoms with Gasteiger partial charge in [-0.15, -0.1) is 0 Å². The van der Waals surface area contributed by atoms with E-state index in [1.165, 1.54) is 16.7 Å². The maximum absolute atomic E-state index is 12.7. The van der Waals surface area contributed by atoms with Gasteiger partial charge in [0.05, 0.1) is 15.9 Å². The number of amides is 1. The van der Waals surface area contributed by atoms with E-state index in [0.29, 0.717) is 22.2 Å². The zero-order chi connectivity index (χ0) is 19.7. The lowest BCUT2D eigenvalue weighted by atomic mass is 10.1. The molecule has 0 spiro atoms. The van der Waals surface area contributed by atoms with Gasteiger partial charge in [0, 0.05) is 23.7 Å². The first-order valence-corrected chi connectivity index (χ1v) is 10.0. The van der Waals surface area contributed by atoms with E-state index in [0.717, 1.165) is 27.4 Å². The molecule has 3 aromatic rings. The number of thioether (sulfide) groups is 1. The minimum absolute atomic E-state index is 0.0121. The highest BCUT2D eigenvalue weighted by Crippen LogP contribution is 2.34. The highest BCUT2D eigenvalue weighted by molar-refractivity contribution is 8.26. The Labute approximate surface area is 171 Å². The van der Waals surface area contributed by atoms with Gasteiger partial charge in [0.15, 0.2) is 0 Å². The minimum Gasteiger partial charge on any atom is -0.481 e. The quantitative estimate of drug-likeness (QED) is 0.382. The first-order chi connectivity index (χ1) is 13.5. The van der Waals surface area contributed by atoms with Gasteiger partial charge in [-0.05, 0) is 36.3 Å². The van der Waals surface area contributed by atoms with Crippen LogP contribution >= 0.6 is 24.0 Å². The molecule has 1 amide bonds. The molecule has 2 heterocycles. The topological polar surface area (TPSA) is 70.5 Å². The molecule has 28 heavy (non-hydrogen) atoms. The van der Waals surface area contributed by atoms with E-state index in [1.807, 2.05) is 48.5 Å². The number of carbonyl (C=O) groups excluding carboxylic acids is 1. The van der Waals surface area contributed by atoms with Crippen molar-refractivity contribution in [1.29, 1.82) is 0 Å². The fraction of sp³-hybridized carbons (Fsp3) is 0.143. The molecule has 2 aromatic carbocycles. The molecule has 1 aliphatic rings. The lowest BCUT2D eigenvalue weighted by molar-refractivity contribution is -0.137. The standard InChI is InChI=1S/C21H16N2O3S2/c24-19(25)9-4-10-23-20(26)18(28-21(23)27)12-13-6-3-8-17-15(13)11-14-5-1-2-7-16(14)22-17/h1-3,5-8,11-12H,4,9-10H2,(H,24,25)/b18-12-. The van der Waals surface area contributed by atoms with Gasteiger partial charge in [-0.3, -0.25) is 14.5 Å². The molecule has 1 aliphatic heterocycles. The highest BCUT2D eigenvalue weighted by atomic mass is 32.2. The summed E-state index contributed by atoms with van der Waals surface area (Å²) in [5.74, 6) is -1.05. The van der Waals surface area contributed by atoms with E-state index in [9.17, 15) is 9.59 Å². The molecule has 0 saturated carbocycles. The maximum atomic E-state index is 12.7. The summed E-state index contributed by atoms with van der Waals surface area (Å²) in [5, 5.41) is 10.8. The Bertz CT molecular complexity index is 1160. The van der Waals surface area contributed by atoms with E-state index in [4.69, 9.17) is 22.3 Å². The van der Waals surface area contributed by atoms with E-state index in [-0.39, 0.29) is 12.3 Å². The summed E-state index contributed by atoms with van der Waals surface area (Å²) in [6.45, 7) is 0.316. The number of carboxylic acids is 1. The Morgan fingerprint density at radius 3 is 2.79 bits per heavy atom. The van der Waals surface area contributed by atoms with Crippen LogP contribution in [0.15, 0.2) is 53.4 Å². The number of pyridine rings is 1. The first-order valence-electron chi connectivity index (χ1n) is 8.78. The van der Waals surface area contributed by atoms with Crippen LogP contribution in [0.3, 0.4) is 0 Å². The summed E-state index contributed by atoms with van der Waals surface area (Å²) < 4.78 is 0.463. The smallest absolute Gasteiger partial charge is 0.303 e. The lowest BCUT2D eigenvalue weighted by Crippen LogP contribution is -2.29. The largest absolute Gasteiger partial charge is 0.481 e. The second-order valence-electron chi connectivity index (χ2n) is 6.43. The number of nitrogens with zero attached hydrogens (tertiary/aromatic N) is 2. The number of fused-ring (bicyclic) bond motifs is 2. The molecule has 0 unspecified atom stereocenters. The predicted molar refractivity (Wildman–Crippen MR) is 116 cm³/mol. The number of para-hydroxylation sites is 1. The number of hydrogen-bond donors (Lipinski definition) is 1. The second-order valence-corrected chi connectivity index (χ2v) is 8.10. The molecule has 1 aromatic heterocycles. The summed E-state index contributed by atoms with van der Waals surface area (Å²) in [7, 11) is 0. The monoisotopic (exact) mass is 408 g/mol. The molecular weight excluding hydrogens is 392 g/mol. The molecule has 1 fully saturated rings. The van der Waals surface area contributed by atoms with Crippen molar-refractivity contribution < 1.29 is 14.7 Å². The third-order valence-corrected chi connectivity index (χ3v) is 5.90. The van der Waals surface area contributed by atoms with Crippen LogP contribution in [0.1, 0.15) is 18.4 Å². The molecule has 140 valence electrons. The number of thiocarbonyl (C=S) groups is 1. The molecule has 0 atom stereocenters. The summed E-state index contributed by atoms with van der Waals surface area (Å²) >= 11 is 6.57. The van der Waals surface area contributed by atoms with Gasteiger partial charge in [0.25, 0.3) is 5.91 Å². The van der Waals surface area contributed by atoms with Gasteiger partial charge in [0.2, 0.25) is 0 Å². The number of aromatic nitrogens is 1. The Balaban J connectivity index is 1.68. The molecule has 4 rings (SSSR count). The summed E-state index contributed by atoms with van der Waals surface area (Å²) in [4.78, 5) is 30.2. The third-order valence-electron chi connectivity index (χ3n) is 4.53. The van der Waals surface area contributed by atoms with Crippen molar-refractivity contribution in [2.75, 3.05) is 6.54 Å².